The van der Waals surface area contributed by atoms with Gasteiger partial charge in [-0.05, 0) is 13.3 Å². The summed E-state index contributed by atoms with van der Waals surface area (Å²) in [4.78, 5) is 5.60. The van der Waals surface area contributed by atoms with Crippen LogP contribution in [0.3, 0.4) is 0 Å². The minimum absolute atomic E-state index is 0.179. The van der Waals surface area contributed by atoms with Crippen molar-refractivity contribution in [1.29, 1.82) is 0 Å². The van der Waals surface area contributed by atoms with E-state index >= 15 is 0 Å². The molecule has 2 aromatic rings. The van der Waals surface area contributed by atoms with Crippen molar-refractivity contribution in [2.75, 3.05) is 13.2 Å². The molecule has 0 aromatic carbocycles. The average Bonchev–Trinajstić information content (AvgIpc) is 3.12. The second-order valence-corrected chi connectivity index (χ2v) is 6.22. The second-order valence-electron chi connectivity index (χ2n) is 5.28. The summed E-state index contributed by atoms with van der Waals surface area (Å²) in [5.74, 6) is 0.521. The number of aromatic nitrogens is 3. The number of nitrogens with one attached hydrogen (secondary N) is 1. The summed E-state index contributed by atoms with van der Waals surface area (Å²) in [6.07, 6.45) is 5.25. The molecule has 1 N–H and O–H groups in total. The Morgan fingerprint density at radius 1 is 1.55 bits per heavy atom. The zero-order valence-corrected chi connectivity index (χ0v) is 12.7. The van der Waals surface area contributed by atoms with E-state index in [1.807, 2.05) is 23.4 Å². The van der Waals surface area contributed by atoms with Crippen molar-refractivity contribution in [1.82, 2.24) is 20.1 Å². The molecule has 0 spiro atoms. The summed E-state index contributed by atoms with van der Waals surface area (Å²) >= 11 is 1.71. The SMILES string of the molecule is Cc1ncsc1CNC[C@H]1CCO[C@H]1c1cnn(C)c1. The van der Waals surface area contributed by atoms with Crippen LogP contribution in [0.2, 0.25) is 0 Å². The number of nitrogens with zero attached hydrogens (tertiary/aromatic N) is 3. The normalized spacial score (nSPS) is 22.5. The molecular weight excluding hydrogens is 272 g/mol. The first kappa shape index (κ1) is 13.7. The third-order valence-electron chi connectivity index (χ3n) is 3.80. The molecule has 1 aliphatic rings. The van der Waals surface area contributed by atoms with E-state index in [-0.39, 0.29) is 6.10 Å². The third-order valence-corrected chi connectivity index (χ3v) is 4.74. The highest BCUT2D eigenvalue weighted by Gasteiger charge is 2.30. The molecule has 0 amide bonds. The van der Waals surface area contributed by atoms with E-state index in [2.05, 4.69) is 28.5 Å². The van der Waals surface area contributed by atoms with Gasteiger partial charge in [0.2, 0.25) is 0 Å². The van der Waals surface area contributed by atoms with Crippen LogP contribution in [-0.4, -0.2) is 27.9 Å². The van der Waals surface area contributed by atoms with E-state index in [0.717, 1.165) is 31.8 Å². The van der Waals surface area contributed by atoms with Crippen LogP contribution in [0.15, 0.2) is 17.9 Å². The van der Waals surface area contributed by atoms with Crippen molar-refractivity contribution in [2.45, 2.75) is 26.0 Å². The summed E-state index contributed by atoms with van der Waals surface area (Å²) in [6, 6.07) is 0. The molecule has 1 fully saturated rings. The lowest BCUT2D eigenvalue weighted by molar-refractivity contribution is 0.0904. The van der Waals surface area contributed by atoms with Gasteiger partial charge in [0.15, 0.2) is 0 Å². The van der Waals surface area contributed by atoms with Crippen LogP contribution in [0.1, 0.15) is 28.7 Å². The molecule has 0 bridgehead atoms. The monoisotopic (exact) mass is 292 g/mol. The molecule has 2 aromatic heterocycles. The van der Waals surface area contributed by atoms with Gasteiger partial charge >= 0.3 is 0 Å². The zero-order chi connectivity index (χ0) is 13.9. The first-order valence-electron chi connectivity index (χ1n) is 6.94. The van der Waals surface area contributed by atoms with Crippen LogP contribution in [0.25, 0.3) is 0 Å². The number of aryl methyl sites for hydroxylation is 2. The van der Waals surface area contributed by atoms with Crippen molar-refractivity contribution in [2.24, 2.45) is 13.0 Å². The lowest BCUT2D eigenvalue weighted by Crippen LogP contribution is -2.24. The van der Waals surface area contributed by atoms with Crippen LogP contribution >= 0.6 is 11.3 Å². The fraction of sp³-hybridized carbons (Fsp3) is 0.571. The van der Waals surface area contributed by atoms with Gasteiger partial charge in [0.1, 0.15) is 0 Å². The predicted octanol–water partition coefficient (Wildman–Crippen LogP) is 2.05. The van der Waals surface area contributed by atoms with Crippen molar-refractivity contribution in [3.63, 3.8) is 0 Å². The molecule has 0 saturated carbocycles. The first-order chi connectivity index (χ1) is 9.74. The van der Waals surface area contributed by atoms with Gasteiger partial charge < -0.3 is 10.1 Å². The van der Waals surface area contributed by atoms with Crippen molar-refractivity contribution < 1.29 is 4.74 Å². The van der Waals surface area contributed by atoms with E-state index in [9.17, 15) is 0 Å². The van der Waals surface area contributed by atoms with Crippen LogP contribution < -0.4 is 5.32 Å². The molecule has 20 heavy (non-hydrogen) atoms. The Labute approximate surface area is 123 Å². The lowest BCUT2D eigenvalue weighted by Gasteiger charge is -2.17. The molecule has 3 rings (SSSR count). The Bertz CT molecular complexity index is 565. The van der Waals surface area contributed by atoms with Crippen molar-refractivity contribution in [3.05, 3.63) is 34.0 Å². The topological polar surface area (TPSA) is 52.0 Å². The predicted molar refractivity (Wildman–Crippen MR) is 78.6 cm³/mol. The fourth-order valence-electron chi connectivity index (χ4n) is 2.67. The molecule has 108 valence electrons. The third kappa shape index (κ3) is 2.92. The molecular formula is C14H20N4OS. The lowest BCUT2D eigenvalue weighted by atomic mass is 9.97. The van der Waals surface area contributed by atoms with Crippen molar-refractivity contribution >= 4 is 11.3 Å². The number of hydrogen-bond donors (Lipinski definition) is 1. The maximum atomic E-state index is 5.87. The average molecular weight is 292 g/mol. The second kappa shape index (κ2) is 6.03. The van der Waals surface area contributed by atoms with E-state index in [1.165, 1.54) is 10.4 Å². The minimum Gasteiger partial charge on any atom is -0.373 e. The highest BCUT2D eigenvalue weighted by atomic mass is 32.1. The number of hydrogen-bond acceptors (Lipinski definition) is 5. The standard InChI is InChI=1S/C14H20N4OS/c1-10-13(20-9-16-10)7-15-5-11-3-4-19-14(11)12-6-17-18(2)8-12/h6,8-9,11,14-15H,3-5,7H2,1-2H3/t11-,14-/m1/s1. The molecule has 6 heteroatoms. The van der Waals surface area contributed by atoms with Gasteiger partial charge in [-0.2, -0.15) is 5.10 Å². The molecule has 1 saturated heterocycles. The molecule has 0 aliphatic carbocycles. The Hall–Kier alpha value is -1.24. The molecule has 0 radical (unpaired) electrons. The van der Waals surface area contributed by atoms with Crippen LogP contribution in [0.4, 0.5) is 0 Å². The number of ether oxygens (including phenoxy) is 1. The minimum atomic E-state index is 0.179. The fourth-order valence-corrected chi connectivity index (χ4v) is 3.41. The number of rotatable bonds is 5. The Kier molecular flexibility index (Phi) is 4.14. The number of thiazole rings is 1. The first-order valence-corrected chi connectivity index (χ1v) is 7.82. The smallest absolute Gasteiger partial charge is 0.0896 e. The van der Waals surface area contributed by atoms with E-state index in [1.54, 1.807) is 11.3 Å². The van der Waals surface area contributed by atoms with Crippen LogP contribution in [0.5, 0.6) is 0 Å². The summed E-state index contributed by atoms with van der Waals surface area (Å²) in [6.45, 7) is 4.76. The van der Waals surface area contributed by atoms with Gasteiger partial charge in [-0.3, -0.25) is 4.68 Å². The highest BCUT2D eigenvalue weighted by Crippen LogP contribution is 2.33. The van der Waals surface area contributed by atoms with Crippen molar-refractivity contribution in [3.8, 4) is 0 Å². The highest BCUT2D eigenvalue weighted by molar-refractivity contribution is 7.09. The van der Waals surface area contributed by atoms with Gasteiger partial charge in [0.05, 0.1) is 23.5 Å². The summed E-state index contributed by atoms with van der Waals surface area (Å²) in [7, 11) is 1.94. The molecule has 2 atom stereocenters. The Morgan fingerprint density at radius 3 is 3.15 bits per heavy atom. The quantitative estimate of drug-likeness (QED) is 0.916. The van der Waals surface area contributed by atoms with Gasteiger partial charge in [-0.25, -0.2) is 4.98 Å². The molecule has 1 aliphatic heterocycles. The molecule has 3 heterocycles. The van der Waals surface area contributed by atoms with E-state index in [0.29, 0.717) is 5.92 Å². The van der Waals surface area contributed by atoms with Gasteiger partial charge in [0, 0.05) is 49.3 Å². The van der Waals surface area contributed by atoms with Gasteiger partial charge in [-0.1, -0.05) is 0 Å². The molecule has 5 nitrogen and oxygen atoms in total. The summed E-state index contributed by atoms with van der Waals surface area (Å²) < 4.78 is 7.71. The Morgan fingerprint density at radius 2 is 2.45 bits per heavy atom. The summed E-state index contributed by atoms with van der Waals surface area (Å²) in [5.41, 5.74) is 4.23. The summed E-state index contributed by atoms with van der Waals surface area (Å²) in [5, 5.41) is 7.78. The maximum absolute atomic E-state index is 5.87. The Balaban J connectivity index is 1.55. The van der Waals surface area contributed by atoms with E-state index in [4.69, 9.17) is 4.74 Å². The largest absolute Gasteiger partial charge is 0.373 e. The van der Waals surface area contributed by atoms with E-state index < -0.39 is 0 Å². The van der Waals surface area contributed by atoms with Gasteiger partial charge in [-0.15, -0.1) is 11.3 Å². The molecule has 0 unspecified atom stereocenters. The van der Waals surface area contributed by atoms with Crippen LogP contribution in [-0.2, 0) is 18.3 Å². The maximum Gasteiger partial charge on any atom is 0.0896 e. The zero-order valence-electron chi connectivity index (χ0n) is 11.9. The van der Waals surface area contributed by atoms with Crippen LogP contribution in [0, 0.1) is 12.8 Å². The van der Waals surface area contributed by atoms with Gasteiger partial charge in [0.25, 0.3) is 0 Å².